The Kier molecular flexibility index (Phi) is 7.91. The first-order valence-electron chi connectivity index (χ1n) is 5.65. The molecule has 1 amide bonds. The van der Waals surface area contributed by atoms with Gasteiger partial charge < -0.3 is 10.2 Å². The molecule has 18 heavy (non-hydrogen) atoms. The van der Waals surface area contributed by atoms with Crippen molar-refractivity contribution in [2.75, 3.05) is 13.6 Å². The van der Waals surface area contributed by atoms with Gasteiger partial charge in [-0.3, -0.25) is 9.78 Å². The van der Waals surface area contributed by atoms with Crippen molar-refractivity contribution in [2.45, 2.75) is 25.4 Å². The van der Waals surface area contributed by atoms with Gasteiger partial charge in [0.25, 0.3) is 0 Å². The SMILES string of the molecule is CN(Cc1ccccn1)C(=O)[C@@H]1CCCN1.Cl.Cl. The second kappa shape index (κ2) is 8.29. The molecule has 1 N–H and O–H groups in total. The maximum Gasteiger partial charge on any atom is 0.239 e. The molecular weight excluding hydrogens is 273 g/mol. The second-order valence-electron chi connectivity index (χ2n) is 4.16. The summed E-state index contributed by atoms with van der Waals surface area (Å²) < 4.78 is 0. The van der Waals surface area contributed by atoms with Crippen molar-refractivity contribution >= 4 is 30.7 Å². The number of aromatic nitrogens is 1. The Labute approximate surface area is 120 Å². The highest BCUT2D eigenvalue weighted by Gasteiger charge is 2.24. The second-order valence-corrected chi connectivity index (χ2v) is 4.16. The lowest BCUT2D eigenvalue weighted by Crippen LogP contribution is -2.41. The smallest absolute Gasteiger partial charge is 0.239 e. The molecule has 0 aromatic carbocycles. The number of hydrogen-bond donors (Lipinski definition) is 1. The normalized spacial score (nSPS) is 17.5. The zero-order valence-electron chi connectivity index (χ0n) is 10.3. The molecule has 2 heterocycles. The van der Waals surface area contributed by atoms with Crippen LogP contribution in [0.1, 0.15) is 18.5 Å². The first-order chi connectivity index (χ1) is 7.77. The van der Waals surface area contributed by atoms with E-state index < -0.39 is 0 Å². The predicted molar refractivity (Wildman–Crippen MR) is 76.2 cm³/mol. The van der Waals surface area contributed by atoms with Crippen molar-refractivity contribution < 1.29 is 4.79 Å². The molecule has 1 fully saturated rings. The van der Waals surface area contributed by atoms with Gasteiger partial charge in [-0.15, -0.1) is 24.8 Å². The maximum absolute atomic E-state index is 12.0. The molecule has 0 bridgehead atoms. The van der Waals surface area contributed by atoms with E-state index in [1.165, 1.54) is 0 Å². The van der Waals surface area contributed by atoms with E-state index in [-0.39, 0.29) is 36.8 Å². The Morgan fingerprint density at radius 1 is 1.50 bits per heavy atom. The van der Waals surface area contributed by atoms with Crippen molar-refractivity contribution in [3.63, 3.8) is 0 Å². The van der Waals surface area contributed by atoms with Crippen LogP contribution in [0.2, 0.25) is 0 Å². The molecule has 2 rings (SSSR count). The van der Waals surface area contributed by atoms with Gasteiger partial charge in [0.2, 0.25) is 5.91 Å². The van der Waals surface area contributed by atoms with Gasteiger partial charge in [0.05, 0.1) is 18.3 Å². The summed E-state index contributed by atoms with van der Waals surface area (Å²) in [6.07, 6.45) is 3.79. The van der Waals surface area contributed by atoms with Gasteiger partial charge in [0.15, 0.2) is 0 Å². The summed E-state index contributed by atoms with van der Waals surface area (Å²) in [6.45, 7) is 1.53. The molecule has 1 aromatic rings. The van der Waals surface area contributed by atoms with Gasteiger partial charge in [0.1, 0.15) is 0 Å². The van der Waals surface area contributed by atoms with Crippen LogP contribution in [0.25, 0.3) is 0 Å². The molecule has 0 aliphatic carbocycles. The molecule has 6 heteroatoms. The average molecular weight is 292 g/mol. The summed E-state index contributed by atoms with van der Waals surface area (Å²) in [5.41, 5.74) is 0.927. The lowest BCUT2D eigenvalue weighted by molar-refractivity contribution is -0.132. The van der Waals surface area contributed by atoms with Crippen LogP contribution < -0.4 is 5.32 Å². The highest BCUT2D eigenvalue weighted by atomic mass is 35.5. The minimum Gasteiger partial charge on any atom is -0.339 e. The average Bonchev–Trinajstić information content (AvgIpc) is 2.83. The van der Waals surface area contributed by atoms with Crippen molar-refractivity contribution in [1.29, 1.82) is 0 Å². The van der Waals surface area contributed by atoms with E-state index in [1.54, 1.807) is 11.1 Å². The van der Waals surface area contributed by atoms with E-state index in [0.717, 1.165) is 25.1 Å². The number of carbonyl (C=O) groups excluding carboxylic acids is 1. The van der Waals surface area contributed by atoms with Crippen molar-refractivity contribution in [3.05, 3.63) is 30.1 Å². The molecule has 0 saturated carbocycles. The lowest BCUT2D eigenvalue weighted by Gasteiger charge is -2.20. The zero-order valence-corrected chi connectivity index (χ0v) is 12.0. The summed E-state index contributed by atoms with van der Waals surface area (Å²) in [4.78, 5) is 17.9. The summed E-state index contributed by atoms with van der Waals surface area (Å²) in [6, 6.07) is 5.76. The van der Waals surface area contributed by atoms with Crippen LogP contribution in [-0.2, 0) is 11.3 Å². The fourth-order valence-electron chi connectivity index (χ4n) is 1.97. The van der Waals surface area contributed by atoms with Crippen LogP contribution in [0, 0.1) is 0 Å². The molecule has 1 aliphatic heterocycles. The number of pyridine rings is 1. The largest absolute Gasteiger partial charge is 0.339 e. The van der Waals surface area contributed by atoms with Crippen LogP contribution in [0.5, 0.6) is 0 Å². The van der Waals surface area contributed by atoms with Crippen molar-refractivity contribution in [2.24, 2.45) is 0 Å². The number of hydrogen-bond acceptors (Lipinski definition) is 3. The van der Waals surface area contributed by atoms with Gasteiger partial charge in [-0.05, 0) is 31.5 Å². The molecule has 0 spiro atoms. The van der Waals surface area contributed by atoms with E-state index in [1.807, 2.05) is 25.2 Å². The minimum absolute atomic E-state index is 0. The monoisotopic (exact) mass is 291 g/mol. The van der Waals surface area contributed by atoms with E-state index in [2.05, 4.69) is 10.3 Å². The standard InChI is InChI=1S/C12H17N3O.2ClH/c1-15(9-10-5-2-3-7-13-10)12(16)11-6-4-8-14-11;;/h2-3,5,7,11,14H,4,6,8-9H2,1H3;2*1H/t11-;;/m0../s1. The van der Waals surface area contributed by atoms with Crippen LogP contribution in [0.15, 0.2) is 24.4 Å². The van der Waals surface area contributed by atoms with Crippen LogP contribution in [0.3, 0.4) is 0 Å². The molecular formula is C12H19Cl2N3O. The summed E-state index contributed by atoms with van der Waals surface area (Å²) in [5.74, 6) is 0.170. The summed E-state index contributed by atoms with van der Waals surface area (Å²) in [5, 5.41) is 3.21. The molecule has 1 aliphatic rings. The minimum atomic E-state index is 0. The van der Waals surface area contributed by atoms with Crippen LogP contribution in [-0.4, -0.2) is 35.4 Å². The third-order valence-electron chi connectivity index (χ3n) is 2.86. The molecule has 1 aromatic heterocycles. The molecule has 0 radical (unpaired) electrons. The Morgan fingerprint density at radius 3 is 2.83 bits per heavy atom. The Morgan fingerprint density at radius 2 is 2.28 bits per heavy atom. The lowest BCUT2D eigenvalue weighted by atomic mass is 10.2. The number of nitrogens with zero attached hydrogens (tertiary/aromatic N) is 2. The summed E-state index contributed by atoms with van der Waals surface area (Å²) in [7, 11) is 1.83. The predicted octanol–water partition coefficient (Wildman–Crippen LogP) is 1.64. The Hall–Kier alpha value is -0.840. The Bertz CT molecular complexity index is 356. The number of halogens is 2. The van der Waals surface area contributed by atoms with Gasteiger partial charge in [-0.1, -0.05) is 6.07 Å². The van der Waals surface area contributed by atoms with E-state index in [0.29, 0.717) is 6.54 Å². The molecule has 102 valence electrons. The highest BCUT2D eigenvalue weighted by Crippen LogP contribution is 2.09. The highest BCUT2D eigenvalue weighted by molar-refractivity contribution is 5.85. The third-order valence-corrected chi connectivity index (χ3v) is 2.86. The van der Waals surface area contributed by atoms with Gasteiger partial charge in [-0.2, -0.15) is 0 Å². The van der Waals surface area contributed by atoms with E-state index in [9.17, 15) is 4.79 Å². The summed E-state index contributed by atoms with van der Waals surface area (Å²) >= 11 is 0. The third kappa shape index (κ3) is 4.44. The molecule has 0 unspecified atom stereocenters. The van der Waals surface area contributed by atoms with Crippen molar-refractivity contribution in [3.8, 4) is 0 Å². The number of amides is 1. The Balaban J connectivity index is 0.00000144. The fraction of sp³-hybridized carbons (Fsp3) is 0.500. The van der Waals surface area contributed by atoms with Gasteiger partial charge in [0, 0.05) is 13.2 Å². The molecule has 4 nitrogen and oxygen atoms in total. The van der Waals surface area contributed by atoms with Crippen LogP contribution in [0.4, 0.5) is 0 Å². The number of rotatable bonds is 3. The zero-order chi connectivity index (χ0) is 11.4. The first-order valence-corrected chi connectivity index (χ1v) is 5.65. The van der Waals surface area contributed by atoms with E-state index in [4.69, 9.17) is 0 Å². The van der Waals surface area contributed by atoms with Crippen molar-refractivity contribution in [1.82, 2.24) is 15.2 Å². The maximum atomic E-state index is 12.0. The number of nitrogens with one attached hydrogen (secondary N) is 1. The number of likely N-dealkylation sites (N-methyl/N-ethyl adjacent to an activating group) is 1. The quantitative estimate of drug-likeness (QED) is 0.921. The topological polar surface area (TPSA) is 45.2 Å². The van der Waals surface area contributed by atoms with Gasteiger partial charge >= 0.3 is 0 Å². The molecule has 1 saturated heterocycles. The fourth-order valence-corrected chi connectivity index (χ4v) is 1.97. The number of carbonyl (C=O) groups is 1. The van der Waals surface area contributed by atoms with E-state index >= 15 is 0 Å². The first kappa shape index (κ1) is 17.2. The molecule has 1 atom stereocenters. The van der Waals surface area contributed by atoms with Gasteiger partial charge in [-0.25, -0.2) is 0 Å². The van der Waals surface area contributed by atoms with Crippen LogP contribution >= 0.6 is 24.8 Å².